The molecule has 1 atom stereocenters. The third-order valence-electron chi connectivity index (χ3n) is 2.87. The lowest BCUT2D eigenvalue weighted by Crippen LogP contribution is -2.36. The van der Waals surface area contributed by atoms with Crippen LogP contribution in [-0.2, 0) is 11.3 Å². The van der Waals surface area contributed by atoms with Gasteiger partial charge in [0.05, 0.1) is 17.2 Å². The van der Waals surface area contributed by atoms with Crippen LogP contribution in [0, 0.1) is 12.8 Å². The summed E-state index contributed by atoms with van der Waals surface area (Å²) >= 11 is 1.55. The second kappa shape index (κ2) is 8.52. The Hall–Kier alpha value is -1.63. The summed E-state index contributed by atoms with van der Waals surface area (Å²) in [6.45, 7) is 4.88. The maximum absolute atomic E-state index is 11.5. The number of carbonyl (C=O) groups excluding carboxylic acids is 1. The van der Waals surface area contributed by atoms with Crippen LogP contribution in [0.2, 0.25) is 0 Å². The van der Waals surface area contributed by atoms with Crippen LogP contribution in [0.15, 0.2) is 5.38 Å². The average molecular weight is 299 g/mol. The number of rotatable bonds is 8. The lowest BCUT2D eigenvalue weighted by molar-refractivity contribution is -0.137. The van der Waals surface area contributed by atoms with Crippen molar-refractivity contribution in [3.63, 3.8) is 0 Å². The van der Waals surface area contributed by atoms with Crippen LogP contribution in [0.1, 0.15) is 36.9 Å². The summed E-state index contributed by atoms with van der Waals surface area (Å²) in [5, 5.41) is 17.0. The van der Waals surface area contributed by atoms with Gasteiger partial charge in [-0.3, -0.25) is 4.79 Å². The Labute approximate surface area is 122 Å². The zero-order chi connectivity index (χ0) is 15.0. The first kappa shape index (κ1) is 16.4. The van der Waals surface area contributed by atoms with Crippen LogP contribution >= 0.6 is 11.3 Å². The van der Waals surface area contributed by atoms with Crippen LogP contribution < -0.4 is 10.6 Å². The average Bonchev–Trinajstić information content (AvgIpc) is 2.80. The number of carboxylic acid groups (broad SMARTS) is 1. The predicted octanol–water partition coefficient (Wildman–Crippen LogP) is 2.14. The van der Waals surface area contributed by atoms with E-state index in [9.17, 15) is 9.59 Å². The minimum absolute atomic E-state index is 0.177. The fourth-order valence-corrected chi connectivity index (χ4v) is 2.28. The van der Waals surface area contributed by atoms with Gasteiger partial charge in [0.1, 0.15) is 0 Å². The number of thiazole rings is 1. The van der Waals surface area contributed by atoms with Gasteiger partial charge in [0.25, 0.3) is 0 Å². The molecule has 6 nitrogen and oxygen atoms in total. The van der Waals surface area contributed by atoms with Gasteiger partial charge >= 0.3 is 12.0 Å². The number of hydrogen-bond acceptors (Lipinski definition) is 4. The van der Waals surface area contributed by atoms with E-state index >= 15 is 0 Å². The molecule has 0 bridgehead atoms. The molecule has 0 aliphatic carbocycles. The van der Waals surface area contributed by atoms with Gasteiger partial charge in [0, 0.05) is 18.3 Å². The number of nitrogens with zero attached hydrogens (tertiary/aromatic N) is 1. The molecule has 0 radical (unpaired) electrons. The first-order valence-electron chi connectivity index (χ1n) is 6.62. The molecule has 3 N–H and O–H groups in total. The quantitative estimate of drug-likeness (QED) is 0.686. The molecule has 0 aromatic carbocycles. The third-order valence-corrected chi connectivity index (χ3v) is 3.69. The van der Waals surface area contributed by atoms with Crippen LogP contribution in [0.25, 0.3) is 0 Å². The van der Waals surface area contributed by atoms with E-state index in [4.69, 9.17) is 5.11 Å². The Bertz CT molecular complexity index is 448. The largest absolute Gasteiger partial charge is 0.481 e. The molecule has 1 rings (SSSR count). The van der Waals surface area contributed by atoms with Gasteiger partial charge < -0.3 is 15.7 Å². The molecule has 0 spiro atoms. The van der Waals surface area contributed by atoms with Crippen molar-refractivity contribution in [3.8, 4) is 0 Å². The maximum atomic E-state index is 11.5. The third kappa shape index (κ3) is 7.08. The highest BCUT2D eigenvalue weighted by Gasteiger charge is 2.07. The zero-order valence-corrected chi connectivity index (χ0v) is 12.6. The number of aliphatic carboxylic acids is 1. The standard InChI is InChI=1S/C13H21N3O3S/c1-9(3-4-12(17)18)5-6-14-13(19)15-7-11-8-20-10(2)16-11/h8-9H,3-7H2,1-2H3,(H,17,18)(H2,14,15,19). The van der Waals surface area contributed by atoms with E-state index < -0.39 is 5.97 Å². The minimum atomic E-state index is -0.777. The molecular weight excluding hydrogens is 278 g/mol. The van der Waals surface area contributed by atoms with Gasteiger partial charge in [-0.2, -0.15) is 0 Å². The summed E-state index contributed by atoms with van der Waals surface area (Å²) in [4.78, 5) is 26.2. The number of urea groups is 1. The fourth-order valence-electron chi connectivity index (χ4n) is 1.67. The van der Waals surface area contributed by atoms with Gasteiger partial charge in [-0.25, -0.2) is 9.78 Å². The van der Waals surface area contributed by atoms with Crippen molar-refractivity contribution in [1.82, 2.24) is 15.6 Å². The minimum Gasteiger partial charge on any atom is -0.481 e. The van der Waals surface area contributed by atoms with E-state index in [0.717, 1.165) is 17.1 Å². The Kier molecular flexibility index (Phi) is 7.00. The van der Waals surface area contributed by atoms with E-state index in [1.54, 1.807) is 11.3 Å². The smallest absolute Gasteiger partial charge is 0.315 e. The molecule has 0 saturated carbocycles. The number of amides is 2. The van der Waals surface area contributed by atoms with Gasteiger partial charge in [0.15, 0.2) is 0 Å². The van der Waals surface area contributed by atoms with Crippen LogP contribution in [0.5, 0.6) is 0 Å². The van der Waals surface area contributed by atoms with Crippen LogP contribution in [0.3, 0.4) is 0 Å². The molecule has 1 aromatic heterocycles. The number of carbonyl (C=O) groups is 2. The molecule has 0 saturated heterocycles. The Morgan fingerprint density at radius 3 is 2.75 bits per heavy atom. The van der Waals surface area contributed by atoms with E-state index in [2.05, 4.69) is 15.6 Å². The Morgan fingerprint density at radius 2 is 2.15 bits per heavy atom. The SMILES string of the molecule is Cc1nc(CNC(=O)NCCC(C)CCC(=O)O)cs1. The second-order valence-electron chi connectivity index (χ2n) is 4.79. The Balaban J connectivity index is 2.09. The number of aryl methyl sites for hydroxylation is 1. The van der Waals surface area contributed by atoms with E-state index in [1.165, 1.54) is 0 Å². The van der Waals surface area contributed by atoms with Crippen molar-refractivity contribution >= 4 is 23.3 Å². The summed E-state index contributed by atoms with van der Waals surface area (Å²) in [5.41, 5.74) is 0.859. The van der Waals surface area contributed by atoms with E-state index in [-0.39, 0.29) is 18.4 Å². The molecule has 7 heteroatoms. The number of aromatic nitrogens is 1. The number of carboxylic acids is 1. The van der Waals surface area contributed by atoms with Crippen molar-refractivity contribution in [2.75, 3.05) is 6.54 Å². The zero-order valence-electron chi connectivity index (χ0n) is 11.8. The highest BCUT2D eigenvalue weighted by atomic mass is 32.1. The molecule has 0 aliphatic heterocycles. The van der Waals surface area contributed by atoms with Crippen molar-refractivity contribution in [2.45, 2.75) is 39.7 Å². The maximum Gasteiger partial charge on any atom is 0.315 e. The molecule has 2 amide bonds. The normalized spacial score (nSPS) is 11.9. The van der Waals surface area contributed by atoms with Gasteiger partial charge in [-0.15, -0.1) is 11.3 Å². The van der Waals surface area contributed by atoms with E-state index in [1.807, 2.05) is 19.2 Å². The first-order chi connectivity index (χ1) is 9.47. The molecule has 0 fully saturated rings. The fraction of sp³-hybridized carbons (Fsp3) is 0.615. The van der Waals surface area contributed by atoms with Crippen LogP contribution in [-0.4, -0.2) is 28.6 Å². The van der Waals surface area contributed by atoms with Crippen molar-refractivity contribution in [1.29, 1.82) is 0 Å². The van der Waals surface area contributed by atoms with Gasteiger partial charge in [-0.1, -0.05) is 6.92 Å². The molecule has 1 unspecified atom stereocenters. The number of hydrogen-bond donors (Lipinski definition) is 3. The summed E-state index contributed by atoms with van der Waals surface area (Å²) < 4.78 is 0. The van der Waals surface area contributed by atoms with Gasteiger partial charge in [-0.05, 0) is 25.7 Å². The van der Waals surface area contributed by atoms with Crippen molar-refractivity contribution < 1.29 is 14.7 Å². The molecule has 1 aromatic rings. The lowest BCUT2D eigenvalue weighted by atomic mass is 10.0. The van der Waals surface area contributed by atoms with Crippen LogP contribution in [0.4, 0.5) is 4.79 Å². The molecule has 0 aliphatic rings. The molecular formula is C13H21N3O3S. The number of nitrogens with one attached hydrogen (secondary N) is 2. The summed E-state index contributed by atoms with van der Waals surface area (Å²) in [6.07, 6.45) is 1.59. The monoisotopic (exact) mass is 299 g/mol. The Morgan fingerprint density at radius 1 is 1.40 bits per heavy atom. The predicted molar refractivity (Wildman–Crippen MR) is 77.7 cm³/mol. The summed E-state index contributed by atoms with van der Waals surface area (Å²) in [6, 6.07) is -0.221. The topological polar surface area (TPSA) is 91.3 Å². The molecule has 112 valence electrons. The van der Waals surface area contributed by atoms with E-state index in [0.29, 0.717) is 19.5 Å². The molecule has 1 heterocycles. The van der Waals surface area contributed by atoms with Crippen molar-refractivity contribution in [2.24, 2.45) is 5.92 Å². The lowest BCUT2D eigenvalue weighted by Gasteiger charge is -2.11. The van der Waals surface area contributed by atoms with Gasteiger partial charge in [0.2, 0.25) is 0 Å². The molecule has 20 heavy (non-hydrogen) atoms. The summed E-state index contributed by atoms with van der Waals surface area (Å²) in [5.74, 6) is -0.492. The van der Waals surface area contributed by atoms with Crippen molar-refractivity contribution in [3.05, 3.63) is 16.1 Å². The highest BCUT2D eigenvalue weighted by Crippen LogP contribution is 2.09. The second-order valence-corrected chi connectivity index (χ2v) is 5.86. The summed E-state index contributed by atoms with van der Waals surface area (Å²) in [7, 11) is 0. The highest BCUT2D eigenvalue weighted by molar-refractivity contribution is 7.09. The first-order valence-corrected chi connectivity index (χ1v) is 7.50.